The summed E-state index contributed by atoms with van der Waals surface area (Å²) in [6.07, 6.45) is 4.44. The highest BCUT2D eigenvalue weighted by Crippen LogP contribution is 2.32. The molecule has 2 rings (SSSR count). The Balaban J connectivity index is 2.41. The minimum Gasteiger partial charge on any atom is -0.480 e. The fourth-order valence-corrected chi connectivity index (χ4v) is 3.18. The van der Waals surface area contributed by atoms with Gasteiger partial charge in [0.25, 0.3) is 0 Å². The first kappa shape index (κ1) is 14.9. The zero-order chi connectivity index (χ0) is 14.5. The molecule has 1 unspecified atom stereocenters. The van der Waals surface area contributed by atoms with Crippen molar-refractivity contribution in [2.24, 2.45) is 0 Å². The van der Waals surface area contributed by atoms with E-state index in [0.29, 0.717) is 5.88 Å². The first-order chi connectivity index (χ1) is 9.67. The van der Waals surface area contributed by atoms with Crippen molar-refractivity contribution in [2.75, 3.05) is 13.7 Å². The SMILES string of the molecule is CCCNC(c1cc(C)c(C)s1)c1nccnc1OC. The summed E-state index contributed by atoms with van der Waals surface area (Å²) in [5.41, 5.74) is 2.17. The molecule has 0 aromatic carbocycles. The van der Waals surface area contributed by atoms with Crippen molar-refractivity contribution in [1.82, 2.24) is 15.3 Å². The number of hydrogen-bond acceptors (Lipinski definition) is 5. The minimum atomic E-state index is 0.0380. The van der Waals surface area contributed by atoms with Gasteiger partial charge in [0.1, 0.15) is 5.69 Å². The number of aryl methyl sites for hydroxylation is 2. The predicted octanol–water partition coefficient (Wildman–Crippen LogP) is 3.25. The highest BCUT2D eigenvalue weighted by atomic mass is 32.1. The summed E-state index contributed by atoms with van der Waals surface area (Å²) in [6, 6.07) is 2.26. The Labute approximate surface area is 124 Å². The number of hydrogen-bond donors (Lipinski definition) is 1. The highest BCUT2D eigenvalue weighted by Gasteiger charge is 2.22. The van der Waals surface area contributed by atoms with Gasteiger partial charge in [-0.2, -0.15) is 0 Å². The van der Waals surface area contributed by atoms with Crippen molar-refractivity contribution < 1.29 is 4.74 Å². The molecule has 0 bridgehead atoms. The van der Waals surface area contributed by atoms with Crippen molar-refractivity contribution in [3.05, 3.63) is 39.5 Å². The standard InChI is InChI=1S/C15H21N3OS/c1-5-6-16-13(12-9-10(2)11(3)20-12)14-15(19-4)18-8-7-17-14/h7-9,13,16H,5-6H2,1-4H3. The third-order valence-electron chi connectivity index (χ3n) is 3.23. The summed E-state index contributed by atoms with van der Waals surface area (Å²) in [6.45, 7) is 7.37. The van der Waals surface area contributed by atoms with Gasteiger partial charge in [-0.1, -0.05) is 6.92 Å². The van der Waals surface area contributed by atoms with E-state index in [0.717, 1.165) is 18.7 Å². The van der Waals surface area contributed by atoms with Gasteiger partial charge in [0.05, 0.1) is 13.2 Å². The molecule has 0 saturated carbocycles. The van der Waals surface area contributed by atoms with Crippen LogP contribution in [0.3, 0.4) is 0 Å². The third-order valence-corrected chi connectivity index (χ3v) is 4.44. The monoisotopic (exact) mass is 291 g/mol. The van der Waals surface area contributed by atoms with Crippen molar-refractivity contribution >= 4 is 11.3 Å². The van der Waals surface area contributed by atoms with Crippen LogP contribution in [0, 0.1) is 13.8 Å². The van der Waals surface area contributed by atoms with Crippen LogP contribution in [0.25, 0.3) is 0 Å². The van der Waals surface area contributed by atoms with Crippen molar-refractivity contribution in [3.8, 4) is 5.88 Å². The Morgan fingerprint density at radius 2 is 2.05 bits per heavy atom. The van der Waals surface area contributed by atoms with Gasteiger partial charge in [-0.3, -0.25) is 4.98 Å². The summed E-state index contributed by atoms with van der Waals surface area (Å²) in [5.74, 6) is 0.588. The van der Waals surface area contributed by atoms with Gasteiger partial charge < -0.3 is 10.1 Å². The molecule has 0 aliphatic heterocycles. The summed E-state index contributed by atoms with van der Waals surface area (Å²) in [4.78, 5) is 11.3. The van der Waals surface area contributed by atoms with Gasteiger partial charge in [0, 0.05) is 22.1 Å². The van der Waals surface area contributed by atoms with E-state index in [1.54, 1.807) is 30.8 Å². The summed E-state index contributed by atoms with van der Waals surface area (Å²) < 4.78 is 5.36. The van der Waals surface area contributed by atoms with E-state index in [1.165, 1.54) is 15.3 Å². The third kappa shape index (κ3) is 3.16. The average Bonchev–Trinajstić information content (AvgIpc) is 2.79. The Hall–Kier alpha value is -1.46. The molecule has 108 valence electrons. The number of aromatic nitrogens is 2. The fourth-order valence-electron chi connectivity index (χ4n) is 2.06. The number of ether oxygens (including phenoxy) is 1. The molecule has 0 aliphatic carbocycles. The molecule has 2 heterocycles. The first-order valence-electron chi connectivity index (χ1n) is 6.82. The molecule has 0 amide bonds. The molecule has 0 radical (unpaired) electrons. The Kier molecular flexibility index (Phi) is 5.09. The Bertz CT molecular complexity index is 548. The van der Waals surface area contributed by atoms with Crippen LogP contribution in [0.15, 0.2) is 18.5 Å². The number of rotatable bonds is 6. The van der Waals surface area contributed by atoms with Gasteiger partial charge in [0.2, 0.25) is 5.88 Å². The first-order valence-corrected chi connectivity index (χ1v) is 7.64. The van der Waals surface area contributed by atoms with Crippen LogP contribution in [0.4, 0.5) is 0 Å². The largest absolute Gasteiger partial charge is 0.480 e. The van der Waals surface area contributed by atoms with Crippen molar-refractivity contribution in [1.29, 1.82) is 0 Å². The van der Waals surface area contributed by atoms with E-state index in [2.05, 4.69) is 42.1 Å². The van der Waals surface area contributed by atoms with E-state index in [4.69, 9.17) is 4.74 Å². The molecular formula is C15H21N3OS. The van der Waals surface area contributed by atoms with E-state index in [9.17, 15) is 0 Å². The molecule has 0 spiro atoms. The fraction of sp³-hybridized carbons (Fsp3) is 0.467. The lowest BCUT2D eigenvalue weighted by molar-refractivity contribution is 0.383. The minimum absolute atomic E-state index is 0.0380. The van der Waals surface area contributed by atoms with Gasteiger partial charge in [-0.05, 0) is 38.4 Å². The Morgan fingerprint density at radius 1 is 1.30 bits per heavy atom. The van der Waals surface area contributed by atoms with E-state index in [-0.39, 0.29) is 6.04 Å². The molecule has 0 aliphatic rings. The normalized spacial score (nSPS) is 12.4. The molecule has 1 atom stereocenters. The van der Waals surface area contributed by atoms with E-state index < -0.39 is 0 Å². The number of nitrogens with one attached hydrogen (secondary N) is 1. The maximum absolute atomic E-state index is 5.36. The van der Waals surface area contributed by atoms with Crippen LogP contribution in [-0.4, -0.2) is 23.6 Å². The molecule has 4 nitrogen and oxygen atoms in total. The summed E-state index contributed by atoms with van der Waals surface area (Å²) in [7, 11) is 1.63. The molecule has 20 heavy (non-hydrogen) atoms. The number of nitrogens with zero attached hydrogens (tertiary/aromatic N) is 2. The van der Waals surface area contributed by atoms with Crippen LogP contribution in [0.5, 0.6) is 5.88 Å². The number of thiophene rings is 1. The quantitative estimate of drug-likeness (QED) is 0.887. The predicted molar refractivity (Wildman–Crippen MR) is 82.5 cm³/mol. The maximum atomic E-state index is 5.36. The van der Waals surface area contributed by atoms with E-state index >= 15 is 0 Å². The topological polar surface area (TPSA) is 47.0 Å². The molecule has 0 fully saturated rings. The second-order valence-electron chi connectivity index (χ2n) is 4.73. The summed E-state index contributed by atoms with van der Waals surface area (Å²) >= 11 is 1.80. The van der Waals surface area contributed by atoms with Gasteiger partial charge in [-0.25, -0.2) is 4.98 Å². The number of methoxy groups -OCH3 is 1. The smallest absolute Gasteiger partial charge is 0.237 e. The van der Waals surface area contributed by atoms with Crippen LogP contribution in [0.2, 0.25) is 0 Å². The lowest BCUT2D eigenvalue weighted by Gasteiger charge is -2.18. The second kappa shape index (κ2) is 6.81. The lowest BCUT2D eigenvalue weighted by Crippen LogP contribution is -2.24. The van der Waals surface area contributed by atoms with Crippen LogP contribution < -0.4 is 10.1 Å². The molecular weight excluding hydrogens is 270 g/mol. The van der Waals surface area contributed by atoms with Gasteiger partial charge in [0.15, 0.2) is 0 Å². The molecule has 1 N–H and O–H groups in total. The van der Waals surface area contributed by atoms with Crippen molar-refractivity contribution in [3.63, 3.8) is 0 Å². The lowest BCUT2D eigenvalue weighted by atomic mass is 10.1. The van der Waals surface area contributed by atoms with Crippen LogP contribution >= 0.6 is 11.3 Å². The van der Waals surface area contributed by atoms with Crippen molar-refractivity contribution in [2.45, 2.75) is 33.2 Å². The highest BCUT2D eigenvalue weighted by molar-refractivity contribution is 7.12. The average molecular weight is 291 g/mol. The van der Waals surface area contributed by atoms with Gasteiger partial charge >= 0.3 is 0 Å². The molecule has 0 saturated heterocycles. The molecule has 2 aromatic rings. The van der Waals surface area contributed by atoms with Gasteiger partial charge in [-0.15, -0.1) is 11.3 Å². The van der Waals surface area contributed by atoms with Crippen LogP contribution in [0.1, 0.15) is 40.4 Å². The zero-order valence-corrected chi connectivity index (χ0v) is 13.3. The molecule has 2 aromatic heterocycles. The van der Waals surface area contributed by atoms with E-state index in [1.807, 2.05) is 0 Å². The second-order valence-corrected chi connectivity index (χ2v) is 6.01. The maximum Gasteiger partial charge on any atom is 0.237 e. The Morgan fingerprint density at radius 3 is 2.65 bits per heavy atom. The van der Waals surface area contributed by atoms with Crippen LogP contribution in [-0.2, 0) is 0 Å². The molecule has 5 heteroatoms. The zero-order valence-electron chi connectivity index (χ0n) is 12.4. The summed E-state index contributed by atoms with van der Waals surface area (Å²) in [5, 5.41) is 3.55.